The van der Waals surface area contributed by atoms with E-state index >= 15 is 0 Å². The Morgan fingerprint density at radius 3 is 2.68 bits per heavy atom. The summed E-state index contributed by atoms with van der Waals surface area (Å²) in [4.78, 5) is 20.1. The van der Waals surface area contributed by atoms with Gasteiger partial charge in [0.15, 0.2) is 4.47 Å². The van der Waals surface area contributed by atoms with Gasteiger partial charge in [0, 0.05) is 54.3 Å². The van der Waals surface area contributed by atoms with Crippen molar-refractivity contribution in [1.29, 1.82) is 0 Å². The minimum absolute atomic E-state index is 0.0573. The maximum Gasteiger partial charge on any atom is 0.219 e. The van der Waals surface area contributed by atoms with Gasteiger partial charge in [-0.05, 0) is 28.1 Å². The molecule has 1 aliphatic rings. The van der Waals surface area contributed by atoms with Crippen molar-refractivity contribution in [2.45, 2.75) is 13.5 Å². The molecular formula is C16H17BrClFN4OS. The molecule has 0 bridgehead atoms. The van der Waals surface area contributed by atoms with Gasteiger partial charge in [0.25, 0.3) is 0 Å². The first kappa shape index (κ1) is 18.4. The fourth-order valence-electron chi connectivity index (χ4n) is 2.77. The normalized spacial score (nSPS) is 14.7. The van der Waals surface area contributed by atoms with Crippen LogP contribution in [-0.2, 0) is 11.3 Å². The van der Waals surface area contributed by atoms with Crippen LogP contribution in [0.3, 0.4) is 0 Å². The van der Waals surface area contributed by atoms with E-state index in [-0.39, 0.29) is 11.7 Å². The molecule has 9 heteroatoms. The summed E-state index contributed by atoms with van der Waals surface area (Å²) in [5.74, 6) is -0.239. The average Bonchev–Trinajstić information content (AvgIpc) is 2.98. The molecule has 1 fully saturated rings. The van der Waals surface area contributed by atoms with Gasteiger partial charge in [-0.1, -0.05) is 11.6 Å². The smallest absolute Gasteiger partial charge is 0.219 e. The van der Waals surface area contributed by atoms with Gasteiger partial charge in [0.2, 0.25) is 5.91 Å². The van der Waals surface area contributed by atoms with Gasteiger partial charge in [0.05, 0.1) is 12.2 Å². The van der Waals surface area contributed by atoms with Crippen LogP contribution in [0.15, 0.2) is 22.8 Å². The minimum Gasteiger partial charge on any atom is -0.380 e. The Hall–Kier alpha value is -1.38. The predicted molar refractivity (Wildman–Crippen MR) is 103 cm³/mol. The number of hydrogen-bond donors (Lipinski definition) is 1. The third-order valence-electron chi connectivity index (χ3n) is 4.05. The number of benzene rings is 1. The number of halogens is 3. The van der Waals surface area contributed by atoms with Crippen molar-refractivity contribution in [3.8, 4) is 0 Å². The zero-order valence-electron chi connectivity index (χ0n) is 13.6. The van der Waals surface area contributed by atoms with E-state index in [1.165, 1.54) is 17.4 Å². The largest absolute Gasteiger partial charge is 0.380 e. The number of nitrogens with zero attached hydrogens (tertiary/aromatic N) is 3. The highest BCUT2D eigenvalue weighted by Gasteiger charge is 2.23. The van der Waals surface area contributed by atoms with Crippen molar-refractivity contribution in [3.05, 3.63) is 38.0 Å². The number of hydrogen-bond acceptors (Lipinski definition) is 5. The molecule has 5 nitrogen and oxygen atoms in total. The standard InChI is InChI=1S/C16H17BrClFN4OS/c1-10(24)22-2-4-23(5-3-22)15-13(17)6-11(7-14(15)19)20-8-12-9-21-16(18)25-12/h6-7,9,20H,2-5,8H2,1H3. The van der Waals surface area contributed by atoms with E-state index in [0.29, 0.717) is 53.0 Å². The lowest BCUT2D eigenvalue weighted by Crippen LogP contribution is -2.48. The SMILES string of the molecule is CC(=O)N1CCN(c2c(F)cc(NCc3cnc(Cl)s3)cc2Br)CC1. The first-order chi connectivity index (χ1) is 11.9. The molecule has 0 unspecified atom stereocenters. The van der Waals surface area contributed by atoms with Crippen molar-refractivity contribution in [2.24, 2.45) is 0 Å². The second-order valence-corrected chi connectivity index (χ2v) is 8.27. The molecule has 2 heterocycles. The van der Waals surface area contributed by atoms with E-state index in [0.717, 1.165) is 4.88 Å². The molecule has 1 N–H and O–H groups in total. The fraction of sp³-hybridized carbons (Fsp3) is 0.375. The minimum atomic E-state index is -0.296. The zero-order chi connectivity index (χ0) is 18.0. The van der Waals surface area contributed by atoms with Gasteiger partial charge >= 0.3 is 0 Å². The van der Waals surface area contributed by atoms with Crippen LogP contribution >= 0.6 is 38.9 Å². The van der Waals surface area contributed by atoms with E-state index < -0.39 is 0 Å². The lowest BCUT2D eigenvalue weighted by Gasteiger charge is -2.36. The van der Waals surface area contributed by atoms with Crippen LogP contribution in [0.2, 0.25) is 4.47 Å². The van der Waals surface area contributed by atoms with Crippen LogP contribution in [0.4, 0.5) is 15.8 Å². The molecule has 25 heavy (non-hydrogen) atoms. The number of anilines is 2. The van der Waals surface area contributed by atoms with E-state index in [1.807, 2.05) is 11.0 Å². The molecule has 1 amide bonds. The number of aromatic nitrogens is 1. The predicted octanol–water partition coefficient (Wildman–Crippen LogP) is 3.98. The van der Waals surface area contributed by atoms with Gasteiger partial charge in [-0.25, -0.2) is 9.37 Å². The number of rotatable bonds is 4. The Morgan fingerprint density at radius 1 is 1.40 bits per heavy atom. The van der Waals surface area contributed by atoms with Gasteiger partial charge < -0.3 is 15.1 Å². The van der Waals surface area contributed by atoms with E-state index in [9.17, 15) is 9.18 Å². The second-order valence-electron chi connectivity index (χ2n) is 5.71. The highest BCUT2D eigenvalue weighted by Crippen LogP contribution is 2.33. The summed E-state index contributed by atoms with van der Waals surface area (Å²) in [5.41, 5.74) is 1.22. The number of carbonyl (C=O) groups excluding carboxylic acids is 1. The molecule has 2 aromatic rings. The highest BCUT2D eigenvalue weighted by molar-refractivity contribution is 9.10. The summed E-state index contributed by atoms with van der Waals surface area (Å²) in [5, 5.41) is 3.18. The number of amides is 1. The Labute approximate surface area is 162 Å². The number of piperazine rings is 1. The lowest BCUT2D eigenvalue weighted by molar-refractivity contribution is -0.129. The molecule has 0 radical (unpaired) electrons. The summed E-state index contributed by atoms with van der Waals surface area (Å²) in [7, 11) is 0. The van der Waals surface area contributed by atoms with Crippen LogP contribution in [0.25, 0.3) is 0 Å². The molecule has 0 saturated carbocycles. The highest BCUT2D eigenvalue weighted by atomic mass is 79.9. The summed E-state index contributed by atoms with van der Waals surface area (Å²) in [6.45, 7) is 4.53. The summed E-state index contributed by atoms with van der Waals surface area (Å²) < 4.78 is 15.8. The Kier molecular flexibility index (Phi) is 5.81. The first-order valence-electron chi connectivity index (χ1n) is 7.77. The summed E-state index contributed by atoms with van der Waals surface area (Å²) in [6.07, 6.45) is 1.70. The van der Waals surface area contributed by atoms with Crippen molar-refractivity contribution in [3.63, 3.8) is 0 Å². The van der Waals surface area contributed by atoms with Crippen molar-refractivity contribution < 1.29 is 9.18 Å². The summed E-state index contributed by atoms with van der Waals surface area (Å²) >= 11 is 10.7. The molecule has 1 aromatic heterocycles. The second kappa shape index (κ2) is 7.88. The molecule has 0 spiro atoms. The van der Waals surface area contributed by atoms with Crippen molar-refractivity contribution >= 4 is 56.1 Å². The molecule has 1 aliphatic heterocycles. The molecular weight excluding hydrogens is 431 g/mol. The van der Waals surface area contributed by atoms with E-state index in [2.05, 4.69) is 26.2 Å². The monoisotopic (exact) mass is 446 g/mol. The molecule has 0 atom stereocenters. The molecule has 1 saturated heterocycles. The van der Waals surface area contributed by atoms with E-state index in [4.69, 9.17) is 11.6 Å². The zero-order valence-corrected chi connectivity index (χ0v) is 16.7. The molecule has 134 valence electrons. The van der Waals surface area contributed by atoms with Gasteiger partial charge in [-0.15, -0.1) is 11.3 Å². The van der Waals surface area contributed by atoms with Crippen LogP contribution in [-0.4, -0.2) is 42.0 Å². The van der Waals surface area contributed by atoms with Crippen molar-refractivity contribution in [2.75, 3.05) is 36.4 Å². The van der Waals surface area contributed by atoms with Gasteiger partial charge in [-0.2, -0.15) is 0 Å². The average molecular weight is 448 g/mol. The maximum atomic E-state index is 14.7. The van der Waals surface area contributed by atoms with Crippen molar-refractivity contribution in [1.82, 2.24) is 9.88 Å². The first-order valence-corrected chi connectivity index (χ1v) is 9.76. The number of thiazole rings is 1. The van der Waals surface area contributed by atoms with E-state index in [1.54, 1.807) is 18.0 Å². The third kappa shape index (κ3) is 4.43. The Bertz CT molecular complexity index is 756. The van der Waals surface area contributed by atoms with Crippen LogP contribution < -0.4 is 10.2 Å². The topological polar surface area (TPSA) is 48.5 Å². The number of nitrogens with one attached hydrogen (secondary N) is 1. The Morgan fingerprint density at radius 2 is 2.12 bits per heavy atom. The quantitative estimate of drug-likeness (QED) is 0.770. The van der Waals surface area contributed by atoms with Crippen LogP contribution in [0, 0.1) is 5.82 Å². The Balaban J connectivity index is 1.69. The molecule has 3 rings (SSSR count). The van der Waals surface area contributed by atoms with Gasteiger partial charge in [-0.3, -0.25) is 4.79 Å². The van der Waals surface area contributed by atoms with Crippen LogP contribution in [0.5, 0.6) is 0 Å². The fourth-order valence-corrected chi connectivity index (χ4v) is 4.37. The molecule has 1 aromatic carbocycles. The number of carbonyl (C=O) groups is 1. The van der Waals surface area contributed by atoms with Crippen LogP contribution in [0.1, 0.15) is 11.8 Å². The third-order valence-corrected chi connectivity index (χ3v) is 5.77. The lowest BCUT2D eigenvalue weighted by atomic mass is 10.2. The summed E-state index contributed by atoms with van der Waals surface area (Å²) in [6, 6.07) is 3.35. The maximum absolute atomic E-state index is 14.7. The van der Waals surface area contributed by atoms with Gasteiger partial charge in [0.1, 0.15) is 5.82 Å². The molecule has 0 aliphatic carbocycles.